The fourth-order valence-electron chi connectivity index (χ4n) is 3.08. The zero-order valence-electron chi connectivity index (χ0n) is 17.1. The van der Waals surface area contributed by atoms with E-state index in [2.05, 4.69) is 0 Å². The van der Waals surface area contributed by atoms with Gasteiger partial charge in [-0.25, -0.2) is 0 Å². The summed E-state index contributed by atoms with van der Waals surface area (Å²) in [5, 5.41) is 40.2. The highest BCUT2D eigenvalue weighted by Gasteiger charge is 2.16. The van der Waals surface area contributed by atoms with Crippen LogP contribution in [0.15, 0.2) is 36.4 Å². The number of rotatable bonds is 16. The van der Waals surface area contributed by atoms with Crippen LogP contribution in [0, 0.1) is 0 Å². The zero-order chi connectivity index (χ0) is 21.6. The molecule has 30 heavy (non-hydrogen) atoms. The van der Waals surface area contributed by atoms with E-state index in [1.807, 2.05) is 36.4 Å². The Hall–Kier alpha value is -1.62. The van der Waals surface area contributed by atoms with Gasteiger partial charge in [0.2, 0.25) is 0 Å². The number of fused-ring (bicyclic) bond motifs is 1. The zero-order valence-corrected chi connectivity index (χ0v) is 17.1. The largest absolute Gasteiger partial charge is 0.394 e. The molecule has 0 aliphatic carbocycles. The van der Waals surface area contributed by atoms with Crippen LogP contribution < -0.4 is 0 Å². The van der Waals surface area contributed by atoms with E-state index in [9.17, 15) is 10.2 Å². The molecule has 168 valence electrons. The lowest BCUT2D eigenvalue weighted by Gasteiger charge is -2.18. The summed E-state index contributed by atoms with van der Waals surface area (Å²) >= 11 is 0. The average Bonchev–Trinajstić information content (AvgIpc) is 2.77. The van der Waals surface area contributed by atoms with Crippen molar-refractivity contribution in [2.45, 2.75) is 12.2 Å². The third-order valence-electron chi connectivity index (χ3n) is 4.47. The SMILES string of the molecule is OCCOCCOCC(O)c1cccc2c(C(O)COCCOCCO)cccc12. The molecule has 0 aliphatic heterocycles. The highest BCUT2D eigenvalue weighted by Crippen LogP contribution is 2.30. The van der Waals surface area contributed by atoms with E-state index < -0.39 is 12.2 Å². The minimum atomic E-state index is -0.821. The molecule has 2 unspecified atom stereocenters. The smallest absolute Gasteiger partial charge is 0.103 e. The average molecular weight is 424 g/mol. The van der Waals surface area contributed by atoms with Crippen LogP contribution in [0.25, 0.3) is 10.8 Å². The number of hydrogen-bond acceptors (Lipinski definition) is 8. The first kappa shape index (κ1) is 24.6. The molecule has 0 bridgehead atoms. The maximum atomic E-state index is 10.6. The lowest BCUT2D eigenvalue weighted by Crippen LogP contribution is -2.13. The molecule has 0 heterocycles. The van der Waals surface area contributed by atoms with Gasteiger partial charge in [-0.15, -0.1) is 0 Å². The summed E-state index contributed by atoms with van der Waals surface area (Å²) < 4.78 is 21.2. The number of benzene rings is 2. The summed E-state index contributed by atoms with van der Waals surface area (Å²) in [5.74, 6) is 0. The van der Waals surface area contributed by atoms with Crippen LogP contribution in [0.3, 0.4) is 0 Å². The molecule has 8 nitrogen and oxygen atoms in total. The lowest BCUT2D eigenvalue weighted by atomic mass is 9.95. The first-order valence-electron chi connectivity index (χ1n) is 10.1. The Bertz CT molecular complexity index is 662. The number of aliphatic hydroxyl groups excluding tert-OH is 4. The second-order valence-corrected chi connectivity index (χ2v) is 6.64. The molecular formula is C22H32O8. The number of hydrogen-bond donors (Lipinski definition) is 4. The molecule has 2 atom stereocenters. The molecule has 0 aliphatic rings. The van der Waals surface area contributed by atoms with Crippen LogP contribution in [0.2, 0.25) is 0 Å². The van der Waals surface area contributed by atoms with Crippen molar-refractivity contribution in [3.05, 3.63) is 47.5 Å². The fourth-order valence-corrected chi connectivity index (χ4v) is 3.08. The second kappa shape index (κ2) is 14.4. The molecule has 2 aromatic carbocycles. The molecule has 2 aromatic rings. The van der Waals surface area contributed by atoms with E-state index in [1.165, 1.54) is 0 Å². The molecule has 0 saturated carbocycles. The van der Waals surface area contributed by atoms with Crippen LogP contribution in [-0.2, 0) is 18.9 Å². The van der Waals surface area contributed by atoms with E-state index in [0.29, 0.717) is 26.4 Å². The molecule has 0 saturated heterocycles. The van der Waals surface area contributed by atoms with Crippen molar-refractivity contribution >= 4 is 10.8 Å². The molecule has 0 spiro atoms. The highest BCUT2D eigenvalue weighted by molar-refractivity contribution is 5.89. The van der Waals surface area contributed by atoms with Gasteiger partial charge in [-0.3, -0.25) is 0 Å². The van der Waals surface area contributed by atoms with Crippen LogP contribution in [0.1, 0.15) is 23.3 Å². The van der Waals surface area contributed by atoms with Crippen molar-refractivity contribution in [2.75, 3.05) is 66.1 Å². The number of ether oxygens (including phenoxy) is 4. The lowest BCUT2D eigenvalue weighted by molar-refractivity contribution is -0.00259. The van der Waals surface area contributed by atoms with Gasteiger partial charge < -0.3 is 39.4 Å². The summed E-state index contributed by atoms with van der Waals surface area (Å²) in [6.45, 7) is 2.05. The Labute approximate surface area is 176 Å². The van der Waals surface area contributed by atoms with Crippen LogP contribution in [0.5, 0.6) is 0 Å². The summed E-state index contributed by atoms with van der Waals surface area (Å²) in [4.78, 5) is 0. The van der Waals surface area contributed by atoms with Crippen molar-refractivity contribution in [1.29, 1.82) is 0 Å². The van der Waals surface area contributed by atoms with Gasteiger partial charge in [0, 0.05) is 0 Å². The van der Waals surface area contributed by atoms with Crippen LogP contribution in [0.4, 0.5) is 0 Å². The number of aliphatic hydroxyl groups is 4. The van der Waals surface area contributed by atoms with Crippen molar-refractivity contribution in [3.8, 4) is 0 Å². The summed E-state index contributed by atoms with van der Waals surface area (Å²) in [5.41, 5.74) is 1.44. The minimum Gasteiger partial charge on any atom is -0.394 e. The highest BCUT2D eigenvalue weighted by atomic mass is 16.5. The first-order valence-corrected chi connectivity index (χ1v) is 10.1. The van der Waals surface area contributed by atoms with Gasteiger partial charge in [0.1, 0.15) is 12.2 Å². The molecule has 4 N–H and O–H groups in total. The van der Waals surface area contributed by atoms with Crippen LogP contribution >= 0.6 is 0 Å². The van der Waals surface area contributed by atoms with E-state index in [4.69, 9.17) is 29.2 Å². The Morgan fingerprint density at radius 1 is 0.567 bits per heavy atom. The third-order valence-corrected chi connectivity index (χ3v) is 4.47. The van der Waals surface area contributed by atoms with E-state index in [0.717, 1.165) is 21.9 Å². The van der Waals surface area contributed by atoms with Gasteiger partial charge in [0.15, 0.2) is 0 Å². The van der Waals surface area contributed by atoms with Crippen molar-refractivity contribution < 1.29 is 39.4 Å². The third kappa shape index (κ3) is 7.90. The van der Waals surface area contributed by atoms with Gasteiger partial charge in [-0.2, -0.15) is 0 Å². The molecular weight excluding hydrogens is 392 g/mol. The minimum absolute atomic E-state index is 0.0324. The molecule has 0 aromatic heterocycles. The predicted octanol–water partition coefficient (Wildman–Crippen LogP) is 0.958. The molecule has 0 fully saturated rings. The van der Waals surface area contributed by atoms with Gasteiger partial charge in [-0.05, 0) is 21.9 Å². The van der Waals surface area contributed by atoms with Gasteiger partial charge >= 0.3 is 0 Å². The first-order chi connectivity index (χ1) is 14.7. The van der Waals surface area contributed by atoms with Gasteiger partial charge in [-0.1, -0.05) is 36.4 Å². The van der Waals surface area contributed by atoms with Crippen molar-refractivity contribution in [2.24, 2.45) is 0 Å². The maximum absolute atomic E-state index is 10.6. The summed E-state index contributed by atoms with van der Waals surface area (Å²) in [6, 6.07) is 11.2. The second-order valence-electron chi connectivity index (χ2n) is 6.64. The molecule has 2 rings (SSSR count). The van der Waals surface area contributed by atoms with E-state index in [1.54, 1.807) is 0 Å². The summed E-state index contributed by atoms with van der Waals surface area (Å²) in [7, 11) is 0. The quantitative estimate of drug-likeness (QED) is 0.294. The monoisotopic (exact) mass is 424 g/mol. The Kier molecular flexibility index (Phi) is 11.8. The van der Waals surface area contributed by atoms with E-state index >= 15 is 0 Å². The molecule has 0 amide bonds. The predicted molar refractivity (Wildman–Crippen MR) is 111 cm³/mol. The van der Waals surface area contributed by atoms with Crippen molar-refractivity contribution in [3.63, 3.8) is 0 Å². The Morgan fingerprint density at radius 3 is 1.37 bits per heavy atom. The van der Waals surface area contributed by atoms with Crippen molar-refractivity contribution in [1.82, 2.24) is 0 Å². The maximum Gasteiger partial charge on any atom is 0.103 e. The fraction of sp³-hybridized carbons (Fsp3) is 0.545. The Morgan fingerprint density at radius 2 is 0.967 bits per heavy atom. The summed E-state index contributed by atoms with van der Waals surface area (Å²) in [6.07, 6.45) is -1.64. The molecule has 8 heteroatoms. The van der Waals surface area contributed by atoms with Crippen LogP contribution in [-0.4, -0.2) is 86.5 Å². The standard InChI is InChI=1S/C22H32O8/c23-7-9-27-11-13-29-15-21(25)19-5-1-3-17-18(19)4-2-6-20(17)22(26)16-30-14-12-28-10-8-24/h1-6,21-26H,7-16H2. The topological polar surface area (TPSA) is 118 Å². The van der Waals surface area contributed by atoms with Gasteiger partial charge in [0.25, 0.3) is 0 Å². The molecule has 0 radical (unpaired) electrons. The normalized spacial score (nSPS) is 13.6. The Balaban J connectivity index is 1.96. The van der Waals surface area contributed by atoms with E-state index in [-0.39, 0.29) is 39.6 Å². The van der Waals surface area contributed by atoms with Gasteiger partial charge in [0.05, 0.1) is 66.1 Å².